The van der Waals surface area contributed by atoms with Crippen LogP contribution in [0.3, 0.4) is 0 Å². The van der Waals surface area contributed by atoms with Gasteiger partial charge in [0.25, 0.3) is 11.8 Å². The molecule has 0 aliphatic heterocycles. The van der Waals surface area contributed by atoms with Crippen LogP contribution in [0.1, 0.15) is 50.6 Å². The topological polar surface area (TPSA) is 88.2 Å². The van der Waals surface area contributed by atoms with Crippen LogP contribution in [0.4, 0.5) is 5.69 Å². The van der Waals surface area contributed by atoms with Gasteiger partial charge in [0.05, 0.1) is 6.20 Å². The molecule has 6 nitrogen and oxygen atoms in total. The molecule has 0 radical (unpaired) electrons. The summed E-state index contributed by atoms with van der Waals surface area (Å²) >= 11 is 1.05. The van der Waals surface area contributed by atoms with Crippen molar-refractivity contribution in [1.82, 2.24) is 10.3 Å². The molecule has 2 N–H and O–H groups in total. The summed E-state index contributed by atoms with van der Waals surface area (Å²) in [5, 5.41) is 5.80. The second-order valence-electron chi connectivity index (χ2n) is 5.25. The van der Waals surface area contributed by atoms with Gasteiger partial charge in [0.1, 0.15) is 4.88 Å². The Balaban J connectivity index is 2.03. The fourth-order valence-electron chi connectivity index (χ4n) is 1.79. The fourth-order valence-corrected chi connectivity index (χ4v) is 2.49. The molecule has 0 fully saturated rings. The first-order chi connectivity index (χ1) is 10.9. The van der Waals surface area contributed by atoms with E-state index in [9.17, 15) is 14.4 Å². The number of hydrogen-bond donors (Lipinski definition) is 2. The van der Waals surface area contributed by atoms with Crippen molar-refractivity contribution in [3.05, 3.63) is 45.9 Å². The molecule has 2 aromatic rings. The van der Waals surface area contributed by atoms with Gasteiger partial charge in [-0.3, -0.25) is 14.4 Å². The Hall–Kier alpha value is -2.54. The molecule has 0 saturated carbocycles. The van der Waals surface area contributed by atoms with E-state index < -0.39 is 0 Å². The second kappa shape index (κ2) is 7.15. The standard InChI is InChI=1S/C16H17N3O3S/c1-9(2)18-14(21)11-4-6-12(7-5-11)19-15(22)13-8-17-16(23-13)10(3)20/h4-9H,1-3H3,(H,18,21)(H,19,22). The van der Waals surface area contributed by atoms with E-state index in [0.717, 1.165) is 11.3 Å². The summed E-state index contributed by atoms with van der Waals surface area (Å²) < 4.78 is 0. The lowest BCUT2D eigenvalue weighted by Crippen LogP contribution is -2.29. The summed E-state index contributed by atoms with van der Waals surface area (Å²) in [6, 6.07) is 6.64. The molecule has 2 amide bonds. The molecule has 0 saturated heterocycles. The number of ketones is 1. The van der Waals surface area contributed by atoms with Crippen LogP contribution in [0, 0.1) is 0 Å². The van der Waals surface area contributed by atoms with Crippen molar-refractivity contribution in [3.8, 4) is 0 Å². The van der Waals surface area contributed by atoms with E-state index in [0.29, 0.717) is 21.1 Å². The zero-order valence-corrected chi connectivity index (χ0v) is 13.9. The fraction of sp³-hybridized carbons (Fsp3) is 0.250. The van der Waals surface area contributed by atoms with Crippen LogP contribution in [0.25, 0.3) is 0 Å². The van der Waals surface area contributed by atoms with Crippen LogP contribution >= 0.6 is 11.3 Å². The normalized spacial score (nSPS) is 10.4. The lowest BCUT2D eigenvalue weighted by molar-refractivity contribution is 0.0941. The molecule has 120 valence electrons. The summed E-state index contributed by atoms with van der Waals surface area (Å²) in [5.41, 5.74) is 1.09. The van der Waals surface area contributed by atoms with Crippen molar-refractivity contribution in [3.63, 3.8) is 0 Å². The Bertz CT molecular complexity index is 735. The molecule has 1 aromatic carbocycles. The van der Waals surface area contributed by atoms with Gasteiger partial charge in [-0.1, -0.05) is 0 Å². The summed E-state index contributed by atoms with van der Waals surface area (Å²) in [6.45, 7) is 5.18. The van der Waals surface area contributed by atoms with Crippen LogP contribution in [0.5, 0.6) is 0 Å². The van der Waals surface area contributed by atoms with Crippen LogP contribution < -0.4 is 10.6 Å². The van der Waals surface area contributed by atoms with Gasteiger partial charge < -0.3 is 10.6 Å². The lowest BCUT2D eigenvalue weighted by atomic mass is 10.2. The Labute approximate surface area is 137 Å². The smallest absolute Gasteiger partial charge is 0.267 e. The van der Waals surface area contributed by atoms with Gasteiger partial charge in [-0.2, -0.15) is 0 Å². The Kier molecular flexibility index (Phi) is 5.23. The lowest BCUT2D eigenvalue weighted by Gasteiger charge is -2.09. The van der Waals surface area contributed by atoms with Crippen molar-refractivity contribution in [2.75, 3.05) is 5.32 Å². The van der Waals surface area contributed by atoms with Crippen LogP contribution in [0.2, 0.25) is 0 Å². The van der Waals surface area contributed by atoms with E-state index in [4.69, 9.17) is 0 Å². The van der Waals surface area contributed by atoms with Gasteiger partial charge in [0, 0.05) is 24.2 Å². The molecule has 7 heteroatoms. The Morgan fingerprint density at radius 2 is 1.74 bits per heavy atom. The van der Waals surface area contributed by atoms with Crippen molar-refractivity contribution >= 4 is 34.6 Å². The molecule has 0 atom stereocenters. The van der Waals surface area contributed by atoms with E-state index in [1.807, 2.05) is 13.8 Å². The summed E-state index contributed by atoms with van der Waals surface area (Å²) in [5.74, 6) is -0.671. The molecule has 0 aliphatic carbocycles. The third kappa shape index (κ3) is 4.46. The first kappa shape index (κ1) is 16.8. The first-order valence-electron chi connectivity index (χ1n) is 7.06. The molecular weight excluding hydrogens is 314 g/mol. The number of rotatable bonds is 5. The largest absolute Gasteiger partial charge is 0.350 e. The first-order valence-corrected chi connectivity index (χ1v) is 7.87. The second-order valence-corrected chi connectivity index (χ2v) is 6.28. The minimum absolute atomic E-state index is 0.0590. The predicted octanol–water partition coefficient (Wildman–Crippen LogP) is 2.74. The third-order valence-corrected chi connectivity index (χ3v) is 3.95. The Morgan fingerprint density at radius 1 is 1.09 bits per heavy atom. The van der Waals surface area contributed by atoms with E-state index >= 15 is 0 Å². The number of hydrogen-bond acceptors (Lipinski definition) is 5. The van der Waals surface area contributed by atoms with Crippen molar-refractivity contribution in [2.24, 2.45) is 0 Å². The van der Waals surface area contributed by atoms with Gasteiger partial charge in [-0.05, 0) is 38.1 Å². The number of thiazole rings is 1. The Morgan fingerprint density at radius 3 is 2.26 bits per heavy atom. The molecule has 0 unspecified atom stereocenters. The van der Waals surface area contributed by atoms with Crippen LogP contribution in [0.15, 0.2) is 30.5 Å². The minimum atomic E-state index is -0.339. The van der Waals surface area contributed by atoms with E-state index in [1.165, 1.54) is 13.1 Å². The highest BCUT2D eigenvalue weighted by atomic mass is 32.1. The minimum Gasteiger partial charge on any atom is -0.350 e. The average Bonchev–Trinajstić information content (AvgIpc) is 2.97. The number of nitrogens with one attached hydrogen (secondary N) is 2. The number of amides is 2. The third-order valence-electron chi connectivity index (χ3n) is 2.86. The highest BCUT2D eigenvalue weighted by Gasteiger charge is 2.13. The van der Waals surface area contributed by atoms with Crippen molar-refractivity contribution in [1.29, 1.82) is 0 Å². The molecule has 1 heterocycles. The van der Waals surface area contributed by atoms with Crippen LogP contribution in [-0.4, -0.2) is 28.6 Å². The quantitative estimate of drug-likeness (QED) is 0.825. The highest BCUT2D eigenvalue weighted by Crippen LogP contribution is 2.16. The summed E-state index contributed by atoms with van der Waals surface area (Å²) in [4.78, 5) is 39.4. The molecule has 1 aromatic heterocycles. The molecular formula is C16H17N3O3S. The van der Waals surface area contributed by atoms with Crippen LogP contribution in [-0.2, 0) is 0 Å². The van der Waals surface area contributed by atoms with E-state index in [2.05, 4.69) is 15.6 Å². The number of carbonyl (C=O) groups excluding carboxylic acids is 3. The molecule has 0 aliphatic rings. The molecule has 0 bridgehead atoms. The average molecular weight is 331 g/mol. The number of carbonyl (C=O) groups is 3. The van der Waals surface area contributed by atoms with Gasteiger partial charge in [0.2, 0.25) is 0 Å². The maximum Gasteiger partial charge on any atom is 0.267 e. The zero-order chi connectivity index (χ0) is 17.0. The van der Waals surface area contributed by atoms with Gasteiger partial charge in [-0.15, -0.1) is 11.3 Å². The predicted molar refractivity (Wildman–Crippen MR) is 89.1 cm³/mol. The summed E-state index contributed by atoms with van der Waals surface area (Å²) in [6.07, 6.45) is 1.38. The number of aromatic nitrogens is 1. The van der Waals surface area contributed by atoms with E-state index in [-0.39, 0.29) is 23.6 Å². The number of benzene rings is 1. The maximum atomic E-state index is 12.1. The van der Waals surface area contributed by atoms with Crippen molar-refractivity contribution < 1.29 is 14.4 Å². The number of nitrogens with zero attached hydrogens (tertiary/aromatic N) is 1. The maximum absolute atomic E-state index is 12.1. The van der Waals surface area contributed by atoms with E-state index in [1.54, 1.807) is 24.3 Å². The zero-order valence-electron chi connectivity index (χ0n) is 13.0. The molecule has 2 rings (SSSR count). The SMILES string of the molecule is CC(=O)c1ncc(C(=O)Nc2ccc(C(=O)NC(C)C)cc2)s1. The molecule has 0 spiro atoms. The van der Waals surface area contributed by atoms with Crippen molar-refractivity contribution in [2.45, 2.75) is 26.8 Å². The summed E-state index contributed by atoms with van der Waals surface area (Å²) in [7, 11) is 0. The van der Waals surface area contributed by atoms with Gasteiger partial charge in [-0.25, -0.2) is 4.98 Å². The highest BCUT2D eigenvalue weighted by molar-refractivity contribution is 7.15. The van der Waals surface area contributed by atoms with Gasteiger partial charge >= 0.3 is 0 Å². The number of anilines is 1. The number of Topliss-reactive ketones (excluding diaryl/α,β-unsaturated/α-hetero) is 1. The van der Waals surface area contributed by atoms with Gasteiger partial charge in [0.15, 0.2) is 10.8 Å². The monoisotopic (exact) mass is 331 g/mol. The molecule has 23 heavy (non-hydrogen) atoms.